The van der Waals surface area contributed by atoms with E-state index < -0.39 is 23.8 Å². The molecule has 0 radical (unpaired) electrons. The van der Waals surface area contributed by atoms with Gasteiger partial charge in [0.2, 0.25) is 5.91 Å². The number of piperidine rings is 1. The van der Waals surface area contributed by atoms with E-state index in [0.717, 1.165) is 66.8 Å². The van der Waals surface area contributed by atoms with E-state index in [-0.39, 0.29) is 12.5 Å². The minimum Gasteiger partial charge on any atom is -0.392 e. The molecule has 3 N–H and O–H groups in total. The molecule has 11 heteroatoms. The molecule has 1 saturated carbocycles. The SMILES string of the molecule is NC(=O)CN1CC[C@@H](CCn2ccc3c(N(Cc4ccc(C(F)(F)F)cc4)C4CC4)ncnc32)[C@H](O)C1. The van der Waals surface area contributed by atoms with Gasteiger partial charge in [0.25, 0.3) is 0 Å². The van der Waals surface area contributed by atoms with Crippen molar-refractivity contribution in [3.63, 3.8) is 0 Å². The van der Waals surface area contributed by atoms with Crippen LogP contribution in [0, 0.1) is 5.92 Å². The Morgan fingerprint density at radius 1 is 1.14 bits per heavy atom. The molecule has 3 heterocycles. The van der Waals surface area contributed by atoms with Crippen LogP contribution in [-0.2, 0) is 24.1 Å². The molecule has 5 rings (SSSR count). The molecule has 2 atom stereocenters. The smallest absolute Gasteiger partial charge is 0.392 e. The van der Waals surface area contributed by atoms with Crippen LogP contribution in [0.25, 0.3) is 11.0 Å². The maximum absolute atomic E-state index is 13.0. The number of likely N-dealkylation sites (tertiary alicyclic amines) is 1. The van der Waals surface area contributed by atoms with Crippen molar-refractivity contribution in [2.24, 2.45) is 11.7 Å². The number of nitrogens with zero attached hydrogens (tertiary/aromatic N) is 5. The molecule has 37 heavy (non-hydrogen) atoms. The fraction of sp³-hybridized carbons (Fsp3) is 0.500. The van der Waals surface area contributed by atoms with Crippen LogP contribution in [0.2, 0.25) is 0 Å². The highest BCUT2D eigenvalue weighted by molar-refractivity contribution is 5.88. The Kier molecular flexibility index (Phi) is 7.09. The van der Waals surface area contributed by atoms with Crippen LogP contribution in [0.5, 0.6) is 0 Å². The van der Waals surface area contributed by atoms with Crippen LogP contribution < -0.4 is 10.6 Å². The monoisotopic (exact) mass is 516 g/mol. The lowest BCUT2D eigenvalue weighted by molar-refractivity contribution is -0.137. The van der Waals surface area contributed by atoms with E-state index in [1.807, 2.05) is 17.2 Å². The zero-order valence-electron chi connectivity index (χ0n) is 20.4. The Bertz CT molecular complexity index is 1240. The Hall–Kier alpha value is -3.18. The number of benzene rings is 1. The highest BCUT2D eigenvalue weighted by Crippen LogP contribution is 2.36. The number of rotatable bonds is 9. The lowest BCUT2D eigenvalue weighted by Crippen LogP contribution is -2.47. The topological polar surface area (TPSA) is 101 Å². The highest BCUT2D eigenvalue weighted by Gasteiger charge is 2.33. The van der Waals surface area contributed by atoms with Gasteiger partial charge in [-0.05, 0) is 61.9 Å². The number of aliphatic hydroxyl groups excluding tert-OH is 1. The summed E-state index contributed by atoms with van der Waals surface area (Å²) in [6, 6.07) is 7.59. The van der Waals surface area contributed by atoms with Crippen molar-refractivity contribution in [1.29, 1.82) is 0 Å². The molecular formula is C26H31F3N6O2. The summed E-state index contributed by atoms with van der Waals surface area (Å²) >= 11 is 0. The summed E-state index contributed by atoms with van der Waals surface area (Å²) in [6.45, 7) is 2.47. The average Bonchev–Trinajstić information content (AvgIpc) is 3.61. The molecule has 1 amide bonds. The molecule has 8 nitrogen and oxygen atoms in total. The van der Waals surface area contributed by atoms with Gasteiger partial charge in [-0.2, -0.15) is 13.2 Å². The first-order valence-corrected chi connectivity index (χ1v) is 12.6. The molecule has 2 aromatic heterocycles. The van der Waals surface area contributed by atoms with Crippen LogP contribution in [-0.4, -0.2) is 62.2 Å². The summed E-state index contributed by atoms with van der Waals surface area (Å²) in [7, 11) is 0. The van der Waals surface area contributed by atoms with E-state index in [4.69, 9.17) is 5.73 Å². The molecule has 1 aromatic carbocycles. The van der Waals surface area contributed by atoms with Gasteiger partial charge in [0.1, 0.15) is 17.8 Å². The number of anilines is 1. The fourth-order valence-electron chi connectivity index (χ4n) is 5.21. The first-order valence-electron chi connectivity index (χ1n) is 12.6. The number of aromatic nitrogens is 3. The maximum atomic E-state index is 13.0. The number of carbonyl (C=O) groups excluding carboxylic acids is 1. The number of β-amino-alcohol motifs (C(OH)–C–C–N with tert-alkyl or cyclic N) is 1. The van der Waals surface area contributed by atoms with Crippen LogP contribution in [0.15, 0.2) is 42.9 Å². The predicted molar refractivity (Wildman–Crippen MR) is 133 cm³/mol. The summed E-state index contributed by atoms with van der Waals surface area (Å²) in [5.74, 6) is 0.509. The zero-order chi connectivity index (χ0) is 26.2. The van der Waals surface area contributed by atoms with Gasteiger partial charge < -0.3 is 20.3 Å². The number of alkyl halides is 3. The Labute approximate surface area is 212 Å². The summed E-state index contributed by atoms with van der Waals surface area (Å²) in [5, 5.41) is 11.5. The summed E-state index contributed by atoms with van der Waals surface area (Å²) in [6.07, 6.45) is 2.22. The summed E-state index contributed by atoms with van der Waals surface area (Å²) in [4.78, 5) is 24.3. The van der Waals surface area contributed by atoms with Crippen LogP contribution >= 0.6 is 0 Å². The number of hydrogen-bond donors (Lipinski definition) is 2. The minimum absolute atomic E-state index is 0.116. The summed E-state index contributed by atoms with van der Waals surface area (Å²) in [5.41, 5.74) is 6.21. The van der Waals surface area contributed by atoms with Gasteiger partial charge in [0, 0.05) is 31.9 Å². The minimum atomic E-state index is -4.35. The third kappa shape index (κ3) is 5.88. The zero-order valence-corrected chi connectivity index (χ0v) is 20.4. The predicted octanol–water partition coefficient (Wildman–Crippen LogP) is 3.18. The van der Waals surface area contributed by atoms with Gasteiger partial charge in [-0.25, -0.2) is 9.97 Å². The molecule has 1 saturated heterocycles. The molecular weight excluding hydrogens is 485 g/mol. The van der Waals surface area contributed by atoms with E-state index in [1.165, 1.54) is 18.5 Å². The van der Waals surface area contributed by atoms with Crippen molar-refractivity contribution in [3.8, 4) is 0 Å². The molecule has 1 aliphatic carbocycles. The van der Waals surface area contributed by atoms with Crippen molar-refractivity contribution in [1.82, 2.24) is 19.4 Å². The quantitative estimate of drug-likeness (QED) is 0.453. The van der Waals surface area contributed by atoms with Crippen LogP contribution in [0.1, 0.15) is 36.8 Å². The molecule has 0 bridgehead atoms. The first-order chi connectivity index (χ1) is 17.7. The number of halogens is 3. The van der Waals surface area contributed by atoms with Crippen molar-refractivity contribution < 1.29 is 23.1 Å². The van der Waals surface area contributed by atoms with E-state index in [1.54, 1.807) is 0 Å². The Morgan fingerprint density at radius 2 is 1.89 bits per heavy atom. The number of carbonyl (C=O) groups is 1. The Balaban J connectivity index is 1.29. The van der Waals surface area contributed by atoms with Crippen LogP contribution in [0.4, 0.5) is 19.0 Å². The van der Waals surface area contributed by atoms with E-state index in [9.17, 15) is 23.1 Å². The molecule has 1 aliphatic heterocycles. The number of aryl methyl sites for hydroxylation is 1. The lowest BCUT2D eigenvalue weighted by atomic mass is 9.91. The standard InChI is InChI=1S/C26H31F3N6O2/c27-26(28,29)19-3-1-17(2-4-19)13-35(20-5-6-20)25-21-9-12-34(24(21)31-16-32-25)11-8-18-7-10-33(14-22(18)36)15-23(30)37/h1-4,9,12,16,18,20,22,36H,5-8,10-11,13-15H2,(H2,30,37)/t18-,22+/m0/s1. The second-order valence-electron chi connectivity index (χ2n) is 10.1. The molecule has 0 unspecified atom stereocenters. The second kappa shape index (κ2) is 10.3. The number of fused-ring (bicyclic) bond motifs is 1. The molecule has 3 aromatic rings. The maximum Gasteiger partial charge on any atom is 0.416 e. The third-order valence-electron chi connectivity index (χ3n) is 7.35. The average molecular weight is 517 g/mol. The first kappa shape index (κ1) is 25.5. The van der Waals surface area contributed by atoms with Crippen molar-refractivity contribution >= 4 is 22.8 Å². The third-order valence-corrected chi connectivity index (χ3v) is 7.35. The van der Waals surface area contributed by atoms with Gasteiger partial charge in [-0.3, -0.25) is 9.69 Å². The van der Waals surface area contributed by atoms with Gasteiger partial charge in [-0.15, -0.1) is 0 Å². The number of nitrogens with two attached hydrogens (primary N) is 1. The molecule has 198 valence electrons. The van der Waals surface area contributed by atoms with Crippen molar-refractivity contribution in [3.05, 3.63) is 54.0 Å². The number of aliphatic hydroxyl groups is 1. The lowest BCUT2D eigenvalue weighted by Gasteiger charge is -2.35. The van der Waals surface area contributed by atoms with Gasteiger partial charge in [0.05, 0.1) is 23.6 Å². The Morgan fingerprint density at radius 3 is 2.54 bits per heavy atom. The van der Waals surface area contributed by atoms with E-state index in [0.29, 0.717) is 25.7 Å². The highest BCUT2D eigenvalue weighted by atomic mass is 19.4. The molecule has 0 spiro atoms. The van der Waals surface area contributed by atoms with E-state index in [2.05, 4.69) is 19.4 Å². The van der Waals surface area contributed by atoms with Crippen molar-refractivity contribution in [2.45, 2.75) is 57.1 Å². The normalized spacial score (nSPS) is 20.9. The number of primary amides is 1. The molecule has 2 aliphatic rings. The largest absolute Gasteiger partial charge is 0.416 e. The van der Waals surface area contributed by atoms with E-state index >= 15 is 0 Å². The van der Waals surface area contributed by atoms with Gasteiger partial charge >= 0.3 is 6.18 Å². The molecule has 2 fully saturated rings. The van der Waals surface area contributed by atoms with Gasteiger partial charge in [0.15, 0.2) is 0 Å². The van der Waals surface area contributed by atoms with Crippen LogP contribution in [0.3, 0.4) is 0 Å². The van der Waals surface area contributed by atoms with Crippen molar-refractivity contribution in [2.75, 3.05) is 24.5 Å². The second-order valence-corrected chi connectivity index (χ2v) is 10.1. The number of hydrogen-bond acceptors (Lipinski definition) is 6. The fourth-order valence-corrected chi connectivity index (χ4v) is 5.21. The summed E-state index contributed by atoms with van der Waals surface area (Å²) < 4.78 is 41.0. The van der Waals surface area contributed by atoms with Gasteiger partial charge in [-0.1, -0.05) is 12.1 Å². The number of amides is 1.